The van der Waals surface area contributed by atoms with E-state index in [1.54, 1.807) is 0 Å². The van der Waals surface area contributed by atoms with E-state index in [1.165, 1.54) is 0 Å². The van der Waals surface area contributed by atoms with Crippen LogP contribution in [0.15, 0.2) is 48.5 Å². The fraction of sp³-hybridized carbons (Fsp3) is 0.632. The van der Waals surface area contributed by atoms with Crippen LogP contribution in [0.3, 0.4) is 0 Å². The Hall–Kier alpha value is -3.34. The van der Waals surface area contributed by atoms with Crippen LogP contribution < -0.4 is 20.1 Å². The molecule has 4 rings (SSSR count). The summed E-state index contributed by atoms with van der Waals surface area (Å²) < 4.78 is 44.2. The van der Waals surface area contributed by atoms with E-state index >= 15 is 0 Å². The van der Waals surface area contributed by atoms with Crippen LogP contribution in [0.2, 0.25) is 0 Å². The van der Waals surface area contributed by atoms with Crippen LogP contribution in [0.5, 0.6) is 11.5 Å². The zero-order valence-corrected chi connectivity index (χ0v) is 30.8. The van der Waals surface area contributed by atoms with Crippen molar-refractivity contribution in [1.82, 2.24) is 10.6 Å². The number of benzene rings is 2. The van der Waals surface area contributed by atoms with Crippen molar-refractivity contribution in [3.05, 3.63) is 59.7 Å². The molecule has 0 amide bonds. The molecule has 52 heavy (non-hydrogen) atoms. The van der Waals surface area contributed by atoms with Crippen molar-refractivity contribution in [3.8, 4) is 11.5 Å². The van der Waals surface area contributed by atoms with Crippen molar-refractivity contribution in [2.75, 3.05) is 65.8 Å². The Morgan fingerprint density at radius 1 is 0.692 bits per heavy atom. The topological polar surface area (TPSA) is 172 Å². The van der Waals surface area contributed by atoms with Crippen molar-refractivity contribution >= 4 is 11.9 Å². The van der Waals surface area contributed by atoms with Gasteiger partial charge in [-0.1, -0.05) is 24.3 Å². The van der Waals surface area contributed by atoms with E-state index in [1.807, 2.05) is 76.2 Å². The first-order valence-electron chi connectivity index (χ1n) is 18.0. The fourth-order valence-electron chi connectivity index (χ4n) is 5.42. The molecule has 0 radical (unpaired) electrons. The summed E-state index contributed by atoms with van der Waals surface area (Å²) in [6.45, 7) is 10.6. The van der Waals surface area contributed by atoms with Crippen LogP contribution in [0.25, 0.3) is 0 Å². The summed E-state index contributed by atoms with van der Waals surface area (Å²) >= 11 is 0. The van der Waals surface area contributed by atoms with Crippen LogP contribution >= 0.6 is 0 Å². The van der Waals surface area contributed by atoms with Gasteiger partial charge in [-0.2, -0.15) is 0 Å². The summed E-state index contributed by atoms with van der Waals surface area (Å²) in [5.74, 6) is -0.603. The smallest absolute Gasteiger partial charge is 0.306 e. The van der Waals surface area contributed by atoms with Crippen molar-refractivity contribution in [2.24, 2.45) is 0 Å². The average molecular weight is 733 g/mol. The molecule has 0 bridgehead atoms. The lowest BCUT2D eigenvalue weighted by Crippen LogP contribution is -2.38. The predicted molar refractivity (Wildman–Crippen MR) is 190 cm³/mol. The molecule has 290 valence electrons. The van der Waals surface area contributed by atoms with Crippen molar-refractivity contribution in [3.63, 3.8) is 0 Å². The molecule has 0 saturated carbocycles. The molecule has 4 N–H and O–H groups in total. The largest absolute Gasteiger partial charge is 0.491 e. The Morgan fingerprint density at radius 2 is 1.08 bits per heavy atom. The first kappa shape index (κ1) is 41.4. The average Bonchev–Trinajstić information content (AvgIpc) is 3.67. The Morgan fingerprint density at radius 3 is 1.42 bits per heavy atom. The van der Waals surface area contributed by atoms with Crippen LogP contribution in [0.1, 0.15) is 51.7 Å². The maximum atomic E-state index is 12.1. The van der Waals surface area contributed by atoms with Crippen molar-refractivity contribution in [1.29, 1.82) is 0 Å². The minimum absolute atomic E-state index is 0.130. The number of esters is 2. The fourth-order valence-corrected chi connectivity index (χ4v) is 5.42. The lowest BCUT2D eigenvalue weighted by atomic mass is 10.1. The van der Waals surface area contributed by atoms with Gasteiger partial charge in [0.25, 0.3) is 0 Å². The van der Waals surface area contributed by atoms with Crippen molar-refractivity contribution in [2.45, 2.75) is 89.4 Å². The molecule has 14 nitrogen and oxygen atoms in total. The molecule has 14 heteroatoms. The zero-order valence-electron chi connectivity index (χ0n) is 30.8. The van der Waals surface area contributed by atoms with Crippen LogP contribution in [-0.2, 0) is 50.9 Å². The zero-order chi connectivity index (χ0) is 37.4. The van der Waals surface area contributed by atoms with E-state index in [9.17, 15) is 19.8 Å². The van der Waals surface area contributed by atoms with E-state index in [0.29, 0.717) is 63.7 Å². The van der Waals surface area contributed by atoms with E-state index in [-0.39, 0.29) is 63.4 Å². The number of carbonyl (C=O) groups excluding carboxylic acids is 2. The maximum absolute atomic E-state index is 12.1. The maximum Gasteiger partial charge on any atom is 0.306 e. The van der Waals surface area contributed by atoms with Gasteiger partial charge in [-0.05, 0) is 75.9 Å². The monoisotopic (exact) mass is 732 g/mol. The van der Waals surface area contributed by atoms with E-state index in [4.69, 9.17) is 37.9 Å². The SMILES string of the molecule is CC1(C)OC[C@@H](COC(=O)CCc2ccc(OC[C@@H](O)CNCCNC[C@H](O)COc3ccc(CCC(=O)OC[C@@H]4COC(C)(C)O4)cc3)cc2)O1. The quantitative estimate of drug-likeness (QED) is 0.0969. The predicted octanol–water partition coefficient (Wildman–Crippen LogP) is 2.30. The van der Waals surface area contributed by atoms with Gasteiger partial charge in [-0.15, -0.1) is 0 Å². The summed E-state index contributed by atoms with van der Waals surface area (Å²) in [5.41, 5.74) is 1.96. The molecule has 2 fully saturated rings. The van der Waals surface area contributed by atoms with E-state index < -0.39 is 23.8 Å². The summed E-state index contributed by atoms with van der Waals surface area (Å²) in [4.78, 5) is 24.2. The first-order valence-corrected chi connectivity index (χ1v) is 18.0. The summed E-state index contributed by atoms with van der Waals surface area (Å²) in [7, 11) is 0. The van der Waals surface area contributed by atoms with Crippen LogP contribution in [0.4, 0.5) is 0 Å². The molecule has 0 unspecified atom stereocenters. The highest BCUT2D eigenvalue weighted by Crippen LogP contribution is 2.23. The second kappa shape index (κ2) is 20.8. The van der Waals surface area contributed by atoms with Gasteiger partial charge >= 0.3 is 11.9 Å². The molecule has 2 aliphatic rings. The third-order valence-corrected chi connectivity index (χ3v) is 8.20. The number of aliphatic hydroxyl groups is 2. The standard InChI is InChI=1S/C38H56N2O12/c1-37(2)49-25-33(51-37)23-47-35(43)15-9-27-5-11-31(12-6-27)45-21-29(41)19-39-17-18-40-20-30(42)22-46-32-13-7-28(8-14-32)10-16-36(44)48-24-34-26-50-38(3,4)52-34/h5-8,11-14,29-30,33-34,39-42H,9-10,15-26H2,1-4H3/t29-,30-,33+,34+/m0/s1. The lowest BCUT2D eigenvalue weighted by Gasteiger charge is -2.17. The third-order valence-electron chi connectivity index (χ3n) is 8.20. The number of aryl methyl sites for hydroxylation is 2. The molecule has 2 heterocycles. The minimum Gasteiger partial charge on any atom is -0.491 e. The minimum atomic E-state index is -0.700. The number of aliphatic hydroxyl groups excluding tert-OH is 2. The first-order chi connectivity index (χ1) is 24.8. The summed E-state index contributed by atoms with van der Waals surface area (Å²) in [5, 5.41) is 26.9. The van der Waals surface area contributed by atoms with E-state index in [0.717, 1.165) is 11.1 Å². The van der Waals surface area contributed by atoms with Crippen molar-refractivity contribution < 1.29 is 57.7 Å². The molecule has 0 aliphatic carbocycles. The Balaban J connectivity index is 0.960. The number of hydrogen-bond acceptors (Lipinski definition) is 14. The van der Waals surface area contributed by atoms with Gasteiger partial charge in [-0.25, -0.2) is 0 Å². The number of hydrogen-bond donors (Lipinski definition) is 4. The molecule has 0 spiro atoms. The third kappa shape index (κ3) is 16.1. The van der Waals surface area contributed by atoms with Crippen LogP contribution in [0, 0.1) is 0 Å². The molecule has 0 aromatic heterocycles. The molecule has 2 aromatic rings. The molecule has 2 aromatic carbocycles. The Bertz CT molecular complexity index is 1250. The normalized spacial score (nSPS) is 20.3. The molecular formula is C38H56N2O12. The number of ether oxygens (including phenoxy) is 8. The van der Waals surface area contributed by atoms with Gasteiger partial charge in [0.05, 0.1) is 13.2 Å². The van der Waals surface area contributed by atoms with Gasteiger partial charge in [0.15, 0.2) is 11.6 Å². The van der Waals surface area contributed by atoms with Gasteiger partial charge in [0, 0.05) is 39.0 Å². The van der Waals surface area contributed by atoms with Crippen LogP contribution in [-0.4, -0.2) is 124 Å². The molecule has 2 aliphatic heterocycles. The molecule has 2 saturated heterocycles. The Kier molecular flexibility index (Phi) is 16.6. The molecular weight excluding hydrogens is 676 g/mol. The van der Waals surface area contributed by atoms with Gasteiger partial charge in [0.2, 0.25) is 0 Å². The highest BCUT2D eigenvalue weighted by molar-refractivity contribution is 5.70. The van der Waals surface area contributed by atoms with Gasteiger partial charge in [-0.3, -0.25) is 9.59 Å². The second-order valence-corrected chi connectivity index (χ2v) is 13.9. The van der Waals surface area contributed by atoms with Gasteiger partial charge < -0.3 is 58.7 Å². The summed E-state index contributed by atoms with van der Waals surface area (Å²) in [6, 6.07) is 14.8. The molecule has 4 atom stereocenters. The van der Waals surface area contributed by atoms with Gasteiger partial charge in [0.1, 0.15) is 62.3 Å². The highest BCUT2D eigenvalue weighted by Gasteiger charge is 2.34. The second-order valence-electron chi connectivity index (χ2n) is 13.9. The Labute approximate surface area is 306 Å². The lowest BCUT2D eigenvalue weighted by molar-refractivity contribution is -0.158. The number of nitrogens with one attached hydrogen (secondary N) is 2. The highest BCUT2D eigenvalue weighted by atomic mass is 16.8. The number of carbonyl (C=O) groups is 2. The number of rotatable bonds is 23. The van der Waals surface area contributed by atoms with E-state index in [2.05, 4.69) is 10.6 Å². The summed E-state index contributed by atoms with van der Waals surface area (Å²) in [6.07, 6.45) is -0.285.